The fourth-order valence-corrected chi connectivity index (χ4v) is 4.82. The highest BCUT2D eigenvalue weighted by Gasteiger charge is 2.28. The maximum absolute atomic E-state index is 5.58. The van der Waals surface area contributed by atoms with Crippen LogP contribution in [-0.2, 0) is 19.5 Å². The molecule has 2 aliphatic heterocycles. The Labute approximate surface area is 187 Å². The molecule has 1 aromatic carbocycles. The molecule has 170 valence electrons. The second-order valence-corrected chi connectivity index (χ2v) is 8.59. The summed E-state index contributed by atoms with van der Waals surface area (Å²) in [5.74, 6) is 5.20. The molecule has 0 saturated carbocycles. The molecule has 1 saturated heterocycles. The maximum atomic E-state index is 5.58. The summed E-state index contributed by atoms with van der Waals surface area (Å²) in [5, 5.41) is 13.3. The predicted molar refractivity (Wildman–Crippen MR) is 118 cm³/mol. The van der Waals surface area contributed by atoms with E-state index in [1.54, 1.807) is 14.2 Å². The summed E-state index contributed by atoms with van der Waals surface area (Å²) in [4.78, 5) is 7.01. The van der Waals surface area contributed by atoms with Crippen molar-refractivity contribution in [2.75, 3.05) is 27.3 Å². The smallest absolute Gasteiger partial charge is 0.241 e. The minimum atomic E-state index is 0.399. The molecular weight excluding hydrogens is 408 g/mol. The minimum absolute atomic E-state index is 0.399. The van der Waals surface area contributed by atoms with E-state index in [0.717, 1.165) is 56.1 Å². The van der Waals surface area contributed by atoms with Crippen molar-refractivity contribution >= 4 is 0 Å². The number of fused-ring (bicyclic) bond motifs is 1. The van der Waals surface area contributed by atoms with Crippen molar-refractivity contribution < 1.29 is 14.0 Å². The van der Waals surface area contributed by atoms with E-state index in [0.29, 0.717) is 35.7 Å². The zero-order valence-corrected chi connectivity index (χ0v) is 18.8. The van der Waals surface area contributed by atoms with Gasteiger partial charge in [0.05, 0.1) is 20.8 Å². The van der Waals surface area contributed by atoms with Crippen LogP contribution in [0.4, 0.5) is 0 Å². The number of hydrogen-bond acceptors (Lipinski definition) is 8. The fourth-order valence-electron chi connectivity index (χ4n) is 4.82. The molecule has 2 aromatic heterocycles. The van der Waals surface area contributed by atoms with Gasteiger partial charge in [-0.2, -0.15) is 4.98 Å². The lowest BCUT2D eigenvalue weighted by Crippen LogP contribution is -2.35. The molecule has 1 atom stereocenters. The van der Waals surface area contributed by atoms with Gasteiger partial charge in [0.15, 0.2) is 11.5 Å². The van der Waals surface area contributed by atoms with Gasteiger partial charge < -0.3 is 18.6 Å². The van der Waals surface area contributed by atoms with E-state index >= 15 is 0 Å². The van der Waals surface area contributed by atoms with Gasteiger partial charge in [0, 0.05) is 31.0 Å². The monoisotopic (exact) mass is 438 g/mol. The van der Waals surface area contributed by atoms with Gasteiger partial charge in [0.1, 0.15) is 11.6 Å². The van der Waals surface area contributed by atoms with Gasteiger partial charge in [-0.25, -0.2) is 0 Å². The lowest BCUT2D eigenvalue weighted by molar-refractivity contribution is 0.172. The van der Waals surface area contributed by atoms with Gasteiger partial charge in [0.25, 0.3) is 0 Å². The van der Waals surface area contributed by atoms with Crippen LogP contribution in [0, 0.1) is 0 Å². The number of aromatic nitrogens is 5. The van der Waals surface area contributed by atoms with Crippen LogP contribution in [0.25, 0.3) is 11.4 Å². The Hall–Kier alpha value is -2.94. The van der Waals surface area contributed by atoms with E-state index in [1.807, 2.05) is 18.2 Å². The third kappa shape index (κ3) is 4.21. The van der Waals surface area contributed by atoms with Crippen molar-refractivity contribution in [3.05, 3.63) is 35.7 Å². The van der Waals surface area contributed by atoms with Crippen molar-refractivity contribution in [2.45, 2.75) is 57.5 Å². The highest BCUT2D eigenvalue weighted by atomic mass is 16.5. The first-order chi connectivity index (χ1) is 15.7. The zero-order valence-electron chi connectivity index (χ0n) is 18.8. The lowest BCUT2D eigenvalue weighted by atomic mass is 9.97. The summed E-state index contributed by atoms with van der Waals surface area (Å²) in [6.45, 7) is 3.64. The second kappa shape index (κ2) is 9.28. The number of benzene rings is 1. The molecule has 32 heavy (non-hydrogen) atoms. The third-order valence-electron chi connectivity index (χ3n) is 6.48. The van der Waals surface area contributed by atoms with E-state index in [2.05, 4.69) is 29.8 Å². The summed E-state index contributed by atoms with van der Waals surface area (Å²) in [5.41, 5.74) is 0.834. The van der Waals surface area contributed by atoms with E-state index in [4.69, 9.17) is 14.0 Å². The number of hydrogen-bond donors (Lipinski definition) is 0. The normalized spacial score (nSPS) is 19.4. The molecule has 0 aliphatic carbocycles. The van der Waals surface area contributed by atoms with Gasteiger partial charge in [0.2, 0.25) is 11.7 Å². The van der Waals surface area contributed by atoms with Crippen molar-refractivity contribution in [1.82, 2.24) is 29.8 Å². The summed E-state index contributed by atoms with van der Waals surface area (Å²) < 4.78 is 18.7. The van der Waals surface area contributed by atoms with Crippen molar-refractivity contribution in [3.63, 3.8) is 0 Å². The molecule has 9 nitrogen and oxygen atoms in total. The largest absolute Gasteiger partial charge is 0.493 e. The number of methoxy groups -OCH3 is 2. The fraction of sp³-hybridized carbons (Fsp3) is 0.565. The molecule has 2 aliphatic rings. The van der Waals surface area contributed by atoms with Crippen LogP contribution in [0.1, 0.15) is 55.6 Å². The first-order valence-corrected chi connectivity index (χ1v) is 11.4. The number of likely N-dealkylation sites (tertiary alicyclic amines) is 1. The first kappa shape index (κ1) is 20.9. The highest BCUT2D eigenvalue weighted by Crippen LogP contribution is 2.32. The van der Waals surface area contributed by atoms with Crippen LogP contribution in [0.2, 0.25) is 0 Å². The Morgan fingerprint density at radius 1 is 1.03 bits per heavy atom. The molecule has 0 amide bonds. The standard InChI is InChI=1S/C23H30N6O3/c1-30-18-10-9-16(13-19(18)31-2)22-24-21(32-27-22)15-28-11-6-7-17(14-28)23-26-25-20-8-4-3-5-12-29(20)23/h9-10,13,17H,3-8,11-12,14-15H2,1-2H3. The van der Waals surface area contributed by atoms with Crippen molar-refractivity contribution in [3.8, 4) is 22.9 Å². The van der Waals surface area contributed by atoms with Crippen molar-refractivity contribution in [2.24, 2.45) is 0 Å². The van der Waals surface area contributed by atoms with E-state index < -0.39 is 0 Å². The summed E-state index contributed by atoms with van der Waals surface area (Å²) in [6.07, 6.45) is 7.03. The second-order valence-electron chi connectivity index (χ2n) is 8.59. The molecule has 9 heteroatoms. The van der Waals surface area contributed by atoms with Gasteiger partial charge >= 0.3 is 0 Å². The molecule has 1 unspecified atom stereocenters. The SMILES string of the molecule is COc1ccc(-c2noc(CN3CCCC(c4nnc5n4CCCCC5)C3)n2)cc1OC. The number of aryl methyl sites for hydroxylation is 1. The molecule has 0 radical (unpaired) electrons. The summed E-state index contributed by atoms with van der Waals surface area (Å²) in [7, 11) is 3.23. The van der Waals surface area contributed by atoms with E-state index in [-0.39, 0.29) is 0 Å². The molecule has 1 fully saturated rings. The number of ether oxygens (including phenoxy) is 2. The van der Waals surface area contributed by atoms with Gasteiger partial charge in [-0.05, 0) is 50.4 Å². The van der Waals surface area contributed by atoms with Crippen molar-refractivity contribution in [1.29, 1.82) is 0 Å². The molecule has 0 spiro atoms. The van der Waals surface area contributed by atoms with Gasteiger partial charge in [-0.3, -0.25) is 4.90 Å². The van der Waals surface area contributed by atoms with Crippen LogP contribution >= 0.6 is 0 Å². The average Bonchev–Trinajstić information content (AvgIpc) is 3.39. The quantitative estimate of drug-likeness (QED) is 0.578. The first-order valence-electron chi connectivity index (χ1n) is 11.4. The Morgan fingerprint density at radius 3 is 2.81 bits per heavy atom. The Bertz CT molecular complexity index is 1060. The average molecular weight is 439 g/mol. The molecule has 5 rings (SSSR count). The van der Waals surface area contributed by atoms with Crippen LogP contribution < -0.4 is 9.47 Å². The molecule has 3 aromatic rings. The minimum Gasteiger partial charge on any atom is -0.493 e. The maximum Gasteiger partial charge on any atom is 0.241 e. The topological polar surface area (TPSA) is 91.3 Å². The zero-order chi connectivity index (χ0) is 21.9. The Balaban J connectivity index is 1.27. The van der Waals surface area contributed by atoms with Gasteiger partial charge in [-0.1, -0.05) is 11.6 Å². The van der Waals surface area contributed by atoms with Crippen LogP contribution in [0.5, 0.6) is 11.5 Å². The van der Waals surface area contributed by atoms with Gasteiger partial charge in [-0.15, -0.1) is 10.2 Å². The van der Waals surface area contributed by atoms with E-state index in [1.165, 1.54) is 19.3 Å². The third-order valence-corrected chi connectivity index (χ3v) is 6.48. The van der Waals surface area contributed by atoms with Crippen LogP contribution in [0.15, 0.2) is 22.7 Å². The lowest BCUT2D eigenvalue weighted by Gasteiger charge is -2.31. The molecule has 4 heterocycles. The highest BCUT2D eigenvalue weighted by molar-refractivity contribution is 5.60. The van der Waals surface area contributed by atoms with Crippen LogP contribution in [-0.4, -0.2) is 57.1 Å². The number of nitrogens with zero attached hydrogens (tertiary/aromatic N) is 6. The molecular formula is C23H30N6O3. The number of rotatable bonds is 6. The predicted octanol–water partition coefficient (Wildman–Crippen LogP) is 3.45. The van der Waals surface area contributed by atoms with Crippen LogP contribution in [0.3, 0.4) is 0 Å². The van der Waals surface area contributed by atoms with E-state index in [9.17, 15) is 0 Å². The Kier molecular flexibility index (Phi) is 6.07. The Morgan fingerprint density at radius 2 is 1.94 bits per heavy atom. The molecule has 0 bridgehead atoms. The summed E-state index contributed by atoms with van der Waals surface area (Å²) in [6, 6.07) is 5.62. The summed E-state index contributed by atoms with van der Waals surface area (Å²) >= 11 is 0. The molecule has 0 N–H and O–H groups in total. The number of piperidine rings is 1.